The van der Waals surface area contributed by atoms with Crippen LogP contribution in [0.25, 0.3) is 0 Å². The summed E-state index contributed by atoms with van der Waals surface area (Å²) in [7, 11) is 0. The third kappa shape index (κ3) is 4.22. The Hall–Kier alpha value is -0.150. The highest BCUT2D eigenvalue weighted by atomic mass is 79.9. The molecule has 0 spiro atoms. The molecule has 0 saturated carbocycles. The van der Waals surface area contributed by atoms with E-state index in [2.05, 4.69) is 68.4 Å². The minimum atomic E-state index is 0.502. The van der Waals surface area contributed by atoms with Crippen LogP contribution in [0, 0.1) is 25.7 Å². The van der Waals surface area contributed by atoms with Crippen LogP contribution in [0.5, 0.6) is 5.75 Å². The molecule has 1 aromatic rings. The summed E-state index contributed by atoms with van der Waals surface area (Å²) in [4.78, 5) is 0. The van der Waals surface area contributed by atoms with E-state index in [0.29, 0.717) is 11.8 Å². The fourth-order valence-corrected chi connectivity index (χ4v) is 2.40. The summed E-state index contributed by atoms with van der Waals surface area (Å²) in [6.45, 7) is 9.33. The number of halogens is 1. The first-order valence-electron chi connectivity index (χ1n) is 5.96. The average molecular weight is 317 g/mol. The summed E-state index contributed by atoms with van der Waals surface area (Å²) < 4.78 is 7.03. The van der Waals surface area contributed by atoms with Gasteiger partial charge >= 0.3 is 0 Å². The molecule has 0 aliphatic heterocycles. The zero-order chi connectivity index (χ0) is 13.0. The number of aryl methyl sites for hydroxylation is 2. The molecule has 0 saturated heterocycles. The zero-order valence-electron chi connectivity index (χ0n) is 11.0. The van der Waals surface area contributed by atoms with Gasteiger partial charge in [0.1, 0.15) is 5.75 Å². The second kappa shape index (κ2) is 6.69. The molecule has 0 heterocycles. The normalized spacial score (nSPS) is 12.9. The van der Waals surface area contributed by atoms with E-state index in [1.807, 2.05) is 0 Å². The summed E-state index contributed by atoms with van der Waals surface area (Å²) in [5, 5.41) is 0. The van der Waals surface area contributed by atoms with Crippen LogP contribution in [-0.2, 0) is 0 Å². The van der Waals surface area contributed by atoms with E-state index in [-0.39, 0.29) is 0 Å². The van der Waals surface area contributed by atoms with Crippen LogP contribution in [-0.4, -0.2) is 12.4 Å². The Bertz CT molecular complexity index is 353. The first-order chi connectivity index (χ1) is 7.95. The van der Waals surface area contributed by atoms with Crippen molar-refractivity contribution in [1.29, 1.82) is 0 Å². The molecule has 3 heteroatoms. The van der Waals surface area contributed by atoms with Gasteiger partial charge in [0.25, 0.3) is 0 Å². The predicted molar refractivity (Wildman–Crippen MR) is 81.3 cm³/mol. The fraction of sp³-hybridized carbons (Fsp3) is 0.571. The van der Waals surface area contributed by atoms with Crippen LogP contribution in [0.15, 0.2) is 16.6 Å². The van der Waals surface area contributed by atoms with Gasteiger partial charge < -0.3 is 4.74 Å². The SMILES string of the molecule is Cc1cc(OCC(CS)C(C)C)cc(C)c1Br. The lowest BCUT2D eigenvalue weighted by atomic mass is 9.99. The zero-order valence-corrected chi connectivity index (χ0v) is 13.4. The topological polar surface area (TPSA) is 9.23 Å². The molecule has 1 aromatic carbocycles. The summed E-state index contributed by atoms with van der Waals surface area (Å²) in [5.74, 6) is 2.93. The molecule has 1 unspecified atom stereocenters. The van der Waals surface area contributed by atoms with Gasteiger partial charge in [-0.2, -0.15) is 12.6 Å². The van der Waals surface area contributed by atoms with E-state index in [4.69, 9.17) is 4.74 Å². The molecule has 0 aliphatic rings. The van der Waals surface area contributed by atoms with Crippen molar-refractivity contribution in [2.45, 2.75) is 27.7 Å². The van der Waals surface area contributed by atoms with E-state index in [1.165, 1.54) is 15.6 Å². The Balaban J connectivity index is 2.69. The van der Waals surface area contributed by atoms with Gasteiger partial charge in [-0.25, -0.2) is 0 Å². The number of hydrogen-bond donors (Lipinski definition) is 1. The first-order valence-corrected chi connectivity index (χ1v) is 7.38. The maximum absolute atomic E-state index is 5.87. The average Bonchev–Trinajstić information content (AvgIpc) is 2.26. The molecule has 0 aliphatic carbocycles. The highest BCUT2D eigenvalue weighted by Crippen LogP contribution is 2.27. The number of rotatable bonds is 5. The lowest BCUT2D eigenvalue weighted by Crippen LogP contribution is -2.19. The van der Waals surface area contributed by atoms with E-state index in [1.54, 1.807) is 0 Å². The molecule has 17 heavy (non-hydrogen) atoms. The lowest BCUT2D eigenvalue weighted by Gasteiger charge is -2.19. The second-order valence-corrected chi connectivity index (χ2v) is 6.03. The fourth-order valence-electron chi connectivity index (χ4n) is 1.65. The third-order valence-electron chi connectivity index (χ3n) is 3.05. The summed E-state index contributed by atoms with van der Waals surface area (Å²) in [6.07, 6.45) is 0. The summed E-state index contributed by atoms with van der Waals surface area (Å²) in [6, 6.07) is 4.15. The molecular formula is C14H21BrOS. The first kappa shape index (κ1) is 14.9. The van der Waals surface area contributed by atoms with Gasteiger partial charge in [0, 0.05) is 10.4 Å². The van der Waals surface area contributed by atoms with Crippen molar-refractivity contribution < 1.29 is 4.74 Å². The Morgan fingerprint density at radius 1 is 1.24 bits per heavy atom. The molecule has 0 radical (unpaired) electrons. The molecule has 96 valence electrons. The van der Waals surface area contributed by atoms with E-state index < -0.39 is 0 Å². The van der Waals surface area contributed by atoms with E-state index >= 15 is 0 Å². The van der Waals surface area contributed by atoms with Gasteiger partial charge in [-0.3, -0.25) is 0 Å². The highest BCUT2D eigenvalue weighted by Gasteiger charge is 2.12. The lowest BCUT2D eigenvalue weighted by molar-refractivity contribution is 0.227. The van der Waals surface area contributed by atoms with Gasteiger partial charge in [-0.1, -0.05) is 29.8 Å². The predicted octanol–water partition coefficient (Wildman–Crippen LogP) is 4.65. The maximum atomic E-state index is 5.87. The van der Waals surface area contributed by atoms with Crippen LogP contribution in [0.1, 0.15) is 25.0 Å². The quantitative estimate of drug-likeness (QED) is 0.778. The van der Waals surface area contributed by atoms with Gasteiger partial charge in [-0.05, 0) is 48.8 Å². The van der Waals surface area contributed by atoms with Crippen LogP contribution in [0.2, 0.25) is 0 Å². The monoisotopic (exact) mass is 316 g/mol. The van der Waals surface area contributed by atoms with E-state index in [9.17, 15) is 0 Å². The molecule has 0 aromatic heterocycles. The summed E-state index contributed by atoms with van der Waals surface area (Å²) >= 11 is 7.93. The smallest absolute Gasteiger partial charge is 0.119 e. The minimum Gasteiger partial charge on any atom is -0.493 e. The van der Waals surface area contributed by atoms with Crippen molar-refractivity contribution in [3.05, 3.63) is 27.7 Å². The molecule has 0 N–H and O–H groups in total. The standard InChI is InChI=1S/C14H21BrOS/c1-9(2)12(8-17)7-16-13-5-10(3)14(15)11(4)6-13/h5-6,9,12,17H,7-8H2,1-4H3. The molecule has 1 rings (SSSR count). The number of thiol groups is 1. The van der Waals surface area contributed by atoms with Crippen molar-refractivity contribution in [3.8, 4) is 5.75 Å². The van der Waals surface area contributed by atoms with Crippen LogP contribution < -0.4 is 4.74 Å². The van der Waals surface area contributed by atoms with Crippen LogP contribution in [0.4, 0.5) is 0 Å². The molecule has 1 nitrogen and oxygen atoms in total. The maximum Gasteiger partial charge on any atom is 0.119 e. The molecule has 0 fully saturated rings. The Morgan fingerprint density at radius 2 is 1.76 bits per heavy atom. The van der Waals surface area contributed by atoms with Crippen molar-refractivity contribution >= 4 is 28.6 Å². The Morgan fingerprint density at radius 3 is 2.18 bits per heavy atom. The second-order valence-electron chi connectivity index (χ2n) is 4.87. The molecular weight excluding hydrogens is 296 g/mol. The highest BCUT2D eigenvalue weighted by molar-refractivity contribution is 9.10. The van der Waals surface area contributed by atoms with Gasteiger partial charge in [-0.15, -0.1) is 0 Å². The number of hydrogen-bond acceptors (Lipinski definition) is 2. The van der Waals surface area contributed by atoms with Crippen molar-refractivity contribution in [2.75, 3.05) is 12.4 Å². The van der Waals surface area contributed by atoms with E-state index in [0.717, 1.165) is 18.1 Å². The summed E-state index contributed by atoms with van der Waals surface area (Å²) in [5.41, 5.74) is 2.43. The van der Waals surface area contributed by atoms with Gasteiger partial charge in [0.2, 0.25) is 0 Å². The minimum absolute atomic E-state index is 0.502. The van der Waals surface area contributed by atoms with Gasteiger partial charge in [0.15, 0.2) is 0 Å². The van der Waals surface area contributed by atoms with Crippen LogP contribution >= 0.6 is 28.6 Å². The van der Waals surface area contributed by atoms with Crippen molar-refractivity contribution in [3.63, 3.8) is 0 Å². The number of benzene rings is 1. The van der Waals surface area contributed by atoms with Crippen molar-refractivity contribution in [2.24, 2.45) is 11.8 Å². The van der Waals surface area contributed by atoms with Gasteiger partial charge in [0.05, 0.1) is 6.61 Å². The van der Waals surface area contributed by atoms with Crippen LogP contribution in [0.3, 0.4) is 0 Å². The molecule has 1 atom stereocenters. The van der Waals surface area contributed by atoms with Crippen molar-refractivity contribution in [1.82, 2.24) is 0 Å². The number of ether oxygens (including phenoxy) is 1. The largest absolute Gasteiger partial charge is 0.493 e. The molecule has 0 amide bonds. The third-order valence-corrected chi connectivity index (χ3v) is 4.77. The Kier molecular flexibility index (Phi) is 5.87. The Labute approximate surface area is 118 Å². The molecule has 0 bridgehead atoms.